The number of carboxylic acid groups (broad SMARTS) is 1. The quantitative estimate of drug-likeness (QED) is 0.529. The van der Waals surface area contributed by atoms with Crippen molar-refractivity contribution in [1.82, 2.24) is 4.57 Å². The first kappa shape index (κ1) is 13.5. The van der Waals surface area contributed by atoms with Gasteiger partial charge < -0.3 is 14.5 Å². The Kier molecular flexibility index (Phi) is 6.07. The molecule has 0 amide bonds. The summed E-state index contributed by atoms with van der Waals surface area (Å²) in [4.78, 5) is 20.6. The van der Waals surface area contributed by atoms with Gasteiger partial charge in [0, 0.05) is 24.9 Å². The first-order valence-electron chi connectivity index (χ1n) is 6.03. The van der Waals surface area contributed by atoms with Crippen LogP contribution in [0.15, 0.2) is 18.3 Å². The Hall–Kier alpha value is -1.58. The number of carbonyl (C=O) groups is 2. The molecule has 0 aliphatic rings. The molecule has 1 N–H and O–H groups in total. The number of nitrogens with zero attached hydrogens (tertiary/aromatic N) is 1. The molecule has 0 saturated carbocycles. The Labute approximate surface area is 101 Å². The Bertz CT molecular complexity index is 357. The van der Waals surface area contributed by atoms with E-state index in [2.05, 4.69) is 4.57 Å². The van der Waals surface area contributed by atoms with Crippen LogP contribution in [0.5, 0.6) is 0 Å². The molecule has 4 heteroatoms. The minimum atomic E-state index is -0.760. The molecule has 1 heterocycles. The largest absolute Gasteiger partial charge is 0.481 e. The summed E-state index contributed by atoms with van der Waals surface area (Å²) in [6.45, 7) is 0.904. The zero-order chi connectivity index (χ0) is 12.5. The van der Waals surface area contributed by atoms with Crippen molar-refractivity contribution < 1.29 is 14.7 Å². The summed E-state index contributed by atoms with van der Waals surface area (Å²) in [5.41, 5.74) is 1.07. The molecule has 0 atom stereocenters. The van der Waals surface area contributed by atoms with Crippen LogP contribution in [0.25, 0.3) is 0 Å². The van der Waals surface area contributed by atoms with E-state index in [-0.39, 0.29) is 6.42 Å². The van der Waals surface area contributed by atoms with Gasteiger partial charge in [0.25, 0.3) is 0 Å². The lowest BCUT2D eigenvalue weighted by molar-refractivity contribution is -0.137. The van der Waals surface area contributed by atoms with Gasteiger partial charge in [-0.1, -0.05) is 6.42 Å². The Morgan fingerprint density at radius 2 is 2.18 bits per heavy atom. The monoisotopic (exact) mass is 237 g/mol. The van der Waals surface area contributed by atoms with Crippen LogP contribution in [-0.2, 0) is 22.6 Å². The lowest BCUT2D eigenvalue weighted by atomic mass is 10.2. The molecule has 0 unspecified atom stereocenters. The molecule has 0 spiro atoms. The molecule has 0 bridgehead atoms. The van der Waals surface area contributed by atoms with Crippen molar-refractivity contribution in [1.29, 1.82) is 0 Å². The van der Waals surface area contributed by atoms with Gasteiger partial charge >= 0.3 is 5.97 Å². The third kappa shape index (κ3) is 5.33. The molecule has 0 aliphatic carbocycles. The van der Waals surface area contributed by atoms with Gasteiger partial charge in [0.1, 0.15) is 6.29 Å². The van der Waals surface area contributed by atoms with E-state index in [9.17, 15) is 9.59 Å². The van der Waals surface area contributed by atoms with Gasteiger partial charge in [-0.3, -0.25) is 4.79 Å². The van der Waals surface area contributed by atoms with Crippen LogP contribution in [-0.4, -0.2) is 21.9 Å². The summed E-state index contributed by atoms with van der Waals surface area (Å²) < 4.78 is 2.10. The van der Waals surface area contributed by atoms with E-state index in [4.69, 9.17) is 5.11 Å². The summed E-state index contributed by atoms with van der Waals surface area (Å²) in [7, 11) is 0. The highest BCUT2D eigenvalue weighted by Crippen LogP contribution is 2.08. The van der Waals surface area contributed by atoms with Gasteiger partial charge in [-0.15, -0.1) is 0 Å². The van der Waals surface area contributed by atoms with Crippen LogP contribution in [0.3, 0.4) is 0 Å². The van der Waals surface area contributed by atoms with Crippen molar-refractivity contribution in [3.05, 3.63) is 24.0 Å². The lowest BCUT2D eigenvalue weighted by Crippen LogP contribution is -2.05. The SMILES string of the molecule is O=CCCCCCn1cccc1CCC(=O)O. The highest BCUT2D eigenvalue weighted by Gasteiger charge is 2.03. The standard InChI is InChI=1S/C13H19NO3/c15-11-4-2-1-3-9-14-10-5-6-12(14)7-8-13(16)17/h5-6,10-11H,1-4,7-9H2,(H,16,17). The lowest BCUT2D eigenvalue weighted by Gasteiger charge is -2.07. The second-order valence-corrected chi connectivity index (χ2v) is 4.10. The summed E-state index contributed by atoms with van der Waals surface area (Å²) in [6, 6.07) is 3.91. The predicted octanol–water partition coefficient (Wildman–Crippen LogP) is 2.26. The summed E-state index contributed by atoms with van der Waals surface area (Å²) in [6.07, 6.45) is 7.33. The molecule has 0 aromatic carbocycles. The van der Waals surface area contributed by atoms with Gasteiger partial charge in [0.15, 0.2) is 0 Å². The van der Waals surface area contributed by atoms with Gasteiger partial charge in [0.2, 0.25) is 0 Å². The number of aldehydes is 1. The highest BCUT2D eigenvalue weighted by molar-refractivity contribution is 5.66. The molecule has 4 nitrogen and oxygen atoms in total. The van der Waals surface area contributed by atoms with Gasteiger partial charge in [0.05, 0.1) is 6.42 Å². The normalized spacial score (nSPS) is 10.4. The Balaban J connectivity index is 2.30. The number of aromatic nitrogens is 1. The summed E-state index contributed by atoms with van der Waals surface area (Å²) in [5.74, 6) is -0.760. The number of aliphatic carboxylic acids is 1. The number of hydrogen-bond acceptors (Lipinski definition) is 2. The molecule has 0 fully saturated rings. The minimum Gasteiger partial charge on any atom is -0.481 e. The molecule has 0 radical (unpaired) electrons. The molecule has 94 valence electrons. The fraction of sp³-hybridized carbons (Fsp3) is 0.538. The maximum Gasteiger partial charge on any atom is 0.303 e. The second-order valence-electron chi connectivity index (χ2n) is 4.10. The first-order valence-corrected chi connectivity index (χ1v) is 6.03. The van der Waals surface area contributed by atoms with Crippen LogP contribution in [0, 0.1) is 0 Å². The van der Waals surface area contributed by atoms with Crippen LogP contribution in [0.2, 0.25) is 0 Å². The molecule has 1 rings (SSSR count). The maximum absolute atomic E-state index is 10.5. The van der Waals surface area contributed by atoms with E-state index in [1.807, 2.05) is 18.3 Å². The number of unbranched alkanes of at least 4 members (excludes halogenated alkanes) is 3. The van der Waals surface area contributed by atoms with Gasteiger partial charge in [-0.05, 0) is 31.4 Å². The molecule has 1 aromatic rings. The topological polar surface area (TPSA) is 59.3 Å². The van der Waals surface area contributed by atoms with E-state index in [1.165, 1.54) is 0 Å². The summed E-state index contributed by atoms with van der Waals surface area (Å²) >= 11 is 0. The fourth-order valence-electron chi connectivity index (χ4n) is 1.82. The van der Waals surface area contributed by atoms with Gasteiger partial charge in [-0.25, -0.2) is 0 Å². The van der Waals surface area contributed by atoms with E-state index in [1.54, 1.807) is 0 Å². The Morgan fingerprint density at radius 3 is 2.88 bits per heavy atom. The average Bonchev–Trinajstić information content (AvgIpc) is 2.73. The van der Waals surface area contributed by atoms with Crippen LogP contribution >= 0.6 is 0 Å². The molecule has 17 heavy (non-hydrogen) atoms. The van der Waals surface area contributed by atoms with Crippen molar-refractivity contribution in [2.24, 2.45) is 0 Å². The van der Waals surface area contributed by atoms with E-state index < -0.39 is 5.97 Å². The predicted molar refractivity (Wildman–Crippen MR) is 64.9 cm³/mol. The van der Waals surface area contributed by atoms with Crippen molar-refractivity contribution >= 4 is 12.3 Å². The smallest absolute Gasteiger partial charge is 0.303 e. The molecular weight excluding hydrogens is 218 g/mol. The molecule has 0 saturated heterocycles. The zero-order valence-corrected chi connectivity index (χ0v) is 9.97. The zero-order valence-electron chi connectivity index (χ0n) is 9.97. The van der Waals surface area contributed by atoms with Crippen LogP contribution < -0.4 is 0 Å². The minimum absolute atomic E-state index is 0.176. The third-order valence-electron chi connectivity index (χ3n) is 2.74. The van der Waals surface area contributed by atoms with Crippen LogP contribution in [0.4, 0.5) is 0 Å². The number of aryl methyl sites for hydroxylation is 2. The molecule has 1 aromatic heterocycles. The van der Waals surface area contributed by atoms with E-state index in [0.717, 1.165) is 37.8 Å². The highest BCUT2D eigenvalue weighted by atomic mass is 16.4. The van der Waals surface area contributed by atoms with Crippen molar-refractivity contribution in [2.45, 2.75) is 45.1 Å². The number of hydrogen-bond donors (Lipinski definition) is 1. The third-order valence-corrected chi connectivity index (χ3v) is 2.74. The number of rotatable bonds is 9. The van der Waals surface area contributed by atoms with E-state index >= 15 is 0 Å². The van der Waals surface area contributed by atoms with Crippen molar-refractivity contribution in [3.63, 3.8) is 0 Å². The van der Waals surface area contributed by atoms with Crippen LogP contribution in [0.1, 0.15) is 37.8 Å². The Morgan fingerprint density at radius 1 is 1.35 bits per heavy atom. The van der Waals surface area contributed by atoms with Crippen molar-refractivity contribution in [2.75, 3.05) is 0 Å². The number of carboxylic acids is 1. The number of carbonyl (C=O) groups excluding carboxylic acids is 1. The second kappa shape index (κ2) is 7.65. The summed E-state index contributed by atoms with van der Waals surface area (Å²) in [5, 5.41) is 8.63. The fourth-order valence-corrected chi connectivity index (χ4v) is 1.82. The average molecular weight is 237 g/mol. The maximum atomic E-state index is 10.5. The van der Waals surface area contributed by atoms with Gasteiger partial charge in [-0.2, -0.15) is 0 Å². The molecule has 0 aliphatic heterocycles. The first-order chi connectivity index (χ1) is 8.24. The molecular formula is C13H19NO3. The van der Waals surface area contributed by atoms with E-state index in [0.29, 0.717) is 12.8 Å². The van der Waals surface area contributed by atoms with Crippen molar-refractivity contribution in [3.8, 4) is 0 Å².